The summed E-state index contributed by atoms with van der Waals surface area (Å²) in [6.07, 6.45) is 0.632. The van der Waals surface area contributed by atoms with Crippen molar-refractivity contribution in [3.8, 4) is 0 Å². The number of imide groups is 1. The second-order valence-electron chi connectivity index (χ2n) is 5.33. The molecule has 1 aliphatic carbocycles. The minimum Gasteiger partial charge on any atom is -0.468 e. The van der Waals surface area contributed by atoms with Gasteiger partial charge in [0.2, 0.25) is 0 Å². The number of hydrogen-bond acceptors (Lipinski definition) is 6. The van der Waals surface area contributed by atoms with Gasteiger partial charge in [0.15, 0.2) is 5.41 Å². The molecule has 0 radical (unpaired) electrons. The molecule has 7 heteroatoms. The summed E-state index contributed by atoms with van der Waals surface area (Å²) >= 11 is 0. The molecule has 0 spiro atoms. The Morgan fingerprint density at radius 3 is 2.09 bits per heavy atom. The van der Waals surface area contributed by atoms with Gasteiger partial charge in [-0.2, -0.15) is 0 Å². The van der Waals surface area contributed by atoms with Crippen LogP contribution in [0.2, 0.25) is 0 Å². The summed E-state index contributed by atoms with van der Waals surface area (Å²) in [5.41, 5.74) is -1.02. The van der Waals surface area contributed by atoms with Gasteiger partial charge in [-0.15, -0.1) is 0 Å². The molecule has 0 aromatic heterocycles. The number of carbonyl (C=O) groups is 4. The molecule has 3 rings (SSSR count). The minimum atomic E-state index is -1.65. The molecule has 1 fully saturated rings. The van der Waals surface area contributed by atoms with Crippen molar-refractivity contribution in [2.24, 2.45) is 5.41 Å². The van der Waals surface area contributed by atoms with Gasteiger partial charge < -0.3 is 9.57 Å². The molecule has 1 atom stereocenters. The highest BCUT2D eigenvalue weighted by molar-refractivity contribution is 6.21. The van der Waals surface area contributed by atoms with Crippen LogP contribution in [-0.4, -0.2) is 35.9 Å². The maximum absolute atomic E-state index is 12.4. The predicted molar refractivity (Wildman–Crippen MR) is 75.9 cm³/mol. The van der Waals surface area contributed by atoms with E-state index in [4.69, 9.17) is 4.84 Å². The topological polar surface area (TPSA) is 90.0 Å². The fourth-order valence-electron chi connectivity index (χ4n) is 2.71. The van der Waals surface area contributed by atoms with Crippen LogP contribution in [0.4, 0.5) is 0 Å². The molecule has 1 heterocycles. The Kier molecular flexibility index (Phi) is 3.28. The number of fused-ring (bicyclic) bond motifs is 1. The fraction of sp³-hybridized carbons (Fsp3) is 0.250. The highest BCUT2D eigenvalue weighted by Crippen LogP contribution is 2.47. The van der Waals surface area contributed by atoms with E-state index >= 15 is 0 Å². The molecule has 1 aliphatic heterocycles. The van der Waals surface area contributed by atoms with Gasteiger partial charge in [0.1, 0.15) is 0 Å². The Bertz CT molecular complexity index is 733. The van der Waals surface area contributed by atoms with Crippen LogP contribution in [-0.2, 0) is 19.2 Å². The van der Waals surface area contributed by atoms with Crippen LogP contribution in [0.1, 0.15) is 33.6 Å². The number of nitrogens with zero attached hydrogens (tertiary/aromatic N) is 1. The van der Waals surface area contributed by atoms with Gasteiger partial charge in [0.25, 0.3) is 11.8 Å². The van der Waals surface area contributed by atoms with Gasteiger partial charge in [-0.3, -0.25) is 14.4 Å². The first-order valence-corrected chi connectivity index (χ1v) is 6.90. The predicted octanol–water partition coefficient (Wildman–Crippen LogP) is 1.25. The van der Waals surface area contributed by atoms with Crippen molar-refractivity contribution in [2.45, 2.75) is 12.8 Å². The summed E-state index contributed by atoms with van der Waals surface area (Å²) in [7, 11) is 1.14. The molecular formula is C16H13NO6. The second kappa shape index (κ2) is 5.05. The lowest BCUT2D eigenvalue weighted by molar-refractivity contribution is -0.189. The van der Waals surface area contributed by atoms with Gasteiger partial charge >= 0.3 is 11.9 Å². The lowest BCUT2D eigenvalue weighted by Gasteiger charge is -2.38. The van der Waals surface area contributed by atoms with E-state index in [0.717, 1.165) is 7.11 Å². The van der Waals surface area contributed by atoms with E-state index < -0.39 is 29.2 Å². The third kappa shape index (κ3) is 1.89. The molecule has 1 aromatic rings. The van der Waals surface area contributed by atoms with Gasteiger partial charge in [-0.05, 0) is 30.5 Å². The molecule has 1 aromatic carbocycles. The van der Waals surface area contributed by atoms with Crippen LogP contribution in [0.15, 0.2) is 36.4 Å². The SMILES string of the molecule is C=C1CCC1(C(=O)OC)C(=O)ON1C(=O)c2ccccc2C1=O. The first-order valence-electron chi connectivity index (χ1n) is 6.90. The van der Waals surface area contributed by atoms with E-state index in [0.29, 0.717) is 17.1 Å². The van der Waals surface area contributed by atoms with Crippen LogP contribution in [0.25, 0.3) is 0 Å². The maximum Gasteiger partial charge on any atom is 0.354 e. The van der Waals surface area contributed by atoms with E-state index in [1.54, 1.807) is 12.1 Å². The summed E-state index contributed by atoms with van der Waals surface area (Å²) in [5, 5.41) is 0.378. The molecule has 0 saturated heterocycles. The van der Waals surface area contributed by atoms with Crippen molar-refractivity contribution >= 4 is 23.8 Å². The largest absolute Gasteiger partial charge is 0.468 e. The number of methoxy groups -OCH3 is 1. The van der Waals surface area contributed by atoms with E-state index in [9.17, 15) is 19.2 Å². The van der Waals surface area contributed by atoms with E-state index in [1.165, 1.54) is 12.1 Å². The van der Waals surface area contributed by atoms with Crippen LogP contribution in [0, 0.1) is 5.41 Å². The van der Waals surface area contributed by atoms with Crippen molar-refractivity contribution in [3.63, 3.8) is 0 Å². The quantitative estimate of drug-likeness (QED) is 0.361. The average Bonchev–Trinajstić information content (AvgIpc) is 2.79. The maximum atomic E-state index is 12.4. The zero-order chi connectivity index (χ0) is 16.8. The highest BCUT2D eigenvalue weighted by atomic mass is 16.7. The third-order valence-corrected chi connectivity index (χ3v) is 4.22. The normalized spacial score (nSPS) is 22.5. The Hall–Kier alpha value is -2.96. The summed E-state index contributed by atoms with van der Waals surface area (Å²) in [6, 6.07) is 6.11. The Morgan fingerprint density at radius 2 is 1.70 bits per heavy atom. The van der Waals surface area contributed by atoms with Crippen LogP contribution in [0.5, 0.6) is 0 Å². The Balaban J connectivity index is 1.87. The number of rotatable bonds is 3. The number of amides is 2. The van der Waals surface area contributed by atoms with Crippen LogP contribution in [0.3, 0.4) is 0 Å². The summed E-state index contributed by atoms with van der Waals surface area (Å²) in [6.45, 7) is 3.67. The molecule has 2 amide bonds. The lowest BCUT2D eigenvalue weighted by atomic mass is 9.65. The van der Waals surface area contributed by atoms with Crippen molar-refractivity contribution in [1.82, 2.24) is 5.06 Å². The number of esters is 1. The third-order valence-electron chi connectivity index (χ3n) is 4.22. The summed E-state index contributed by atoms with van der Waals surface area (Å²) in [4.78, 5) is 53.7. The smallest absolute Gasteiger partial charge is 0.354 e. The molecular weight excluding hydrogens is 302 g/mol. The van der Waals surface area contributed by atoms with E-state index in [1.807, 2.05) is 0 Å². The minimum absolute atomic E-state index is 0.143. The van der Waals surface area contributed by atoms with Crippen molar-refractivity contribution in [3.05, 3.63) is 47.5 Å². The zero-order valence-corrected chi connectivity index (χ0v) is 12.3. The standard InChI is InChI=1S/C16H13NO6/c1-9-7-8-16(9,14(20)22-2)15(21)23-17-12(18)10-5-3-4-6-11(10)13(17)19/h3-6H,1,7-8H2,2H3. The van der Waals surface area contributed by atoms with Crippen LogP contribution >= 0.6 is 0 Å². The Labute approximate surface area is 131 Å². The molecule has 2 aliphatic rings. The number of hydrogen-bond donors (Lipinski definition) is 0. The van der Waals surface area contributed by atoms with Gasteiger partial charge in [-0.25, -0.2) is 4.79 Å². The van der Waals surface area contributed by atoms with Gasteiger partial charge in [0.05, 0.1) is 18.2 Å². The zero-order valence-electron chi connectivity index (χ0n) is 12.3. The molecule has 0 bridgehead atoms. The van der Waals surface area contributed by atoms with Gasteiger partial charge in [0, 0.05) is 0 Å². The van der Waals surface area contributed by atoms with E-state index in [-0.39, 0.29) is 17.5 Å². The second-order valence-corrected chi connectivity index (χ2v) is 5.33. The average molecular weight is 315 g/mol. The number of benzene rings is 1. The van der Waals surface area contributed by atoms with Crippen molar-refractivity contribution in [2.75, 3.05) is 7.11 Å². The summed E-state index contributed by atoms with van der Waals surface area (Å²) < 4.78 is 4.64. The molecule has 7 nitrogen and oxygen atoms in total. The number of ether oxygens (including phenoxy) is 1. The van der Waals surface area contributed by atoms with Crippen LogP contribution < -0.4 is 0 Å². The number of carbonyl (C=O) groups excluding carboxylic acids is 4. The molecule has 1 unspecified atom stereocenters. The first kappa shape index (κ1) is 15.0. The molecule has 23 heavy (non-hydrogen) atoms. The monoisotopic (exact) mass is 315 g/mol. The number of hydroxylamine groups is 2. The van der Waals surface area contributed by atoms with Crippen molar-refractivity contribution in [1.29, 1.82) is 0 Å². The molecule has 1 saturated carbocycles. The highest BCUT2D eigenvalue weighted by Gasteiger charge is 2.58. The summed E-state index contributed by atoms with van der Waals surface area (Å²) in [5.74, 6) is -3.33. The fourth-order valence-corrected chi connectivity index (χ4v) is 2.71. The van der Waals surface area contributed by atoms with Gasteiger partial charge in [-0.1, -0.05) is 23.8 Å². The first-order chi connectivity index (χ1) is 10.9. The molecule has 0 N–H and O–H groups in total. The van der Waals surface area contributed by atoms with E-state index in [2.05, 4.69) is 11.3 Å². The molecule has 118 valence electrons. The van der Waals surface area contributed by atoms with Crippen molar-refractivity contribution < 1.29 is 28.8 Å². The Morgan fingerprint density at radius 1 is 1.13 bits per heavy atom. The lowest BCUT2D eigenvalue weighted by Crippen LogP contribution is -2.51.